The first-order chi connectivity index (χ1) is 9.56. The number of rotatable bonds is 3. The molecule has 0 aliphatic carbocycles. The number of halogens is 1. The number of ether oxygens (including phenoxy) is 1. The van der Waals surface area contributed by atoms with Crippen LogP contribution in [0.5, 0.6) is 0 Å². The van der Waals surface area contributed by atoms with Gasteiger partial charge in [-0.15, -0.1) is 11.3 Å². The lowest BCUT2D eigenvalue weighted by Gasteiger charge is -2.33. The zero-order valence-electron chi connectivity index (χ0n) is 11.6. The predicted molar refractivity (Wildman–Crippen MR) is 79.4 cm³/mol. The van der Waals surface area contributed by atoms with E-state index in [9.17, 15) is 9.59 Å². The predicted octanol–water partition coefficient (Wildman–Crippen LogP) is 3.27. The number of hydrogen-bond acceptors (Lipinski definition) is 4. The number of aryl methyl sites for hydroxylation is 1. The normalized spacial score (nSPS) is 18.9. The van der Waals surface area contributed by atoms with Crippen molar-refractivity contribution in [3.63, 3.8) is 0 Å². The van der Waals surface area contributed by atoms with Crippen molar-refractivity contribution in [2.24, 2.45) is 0 Å². The monoisotopic (exact) mass is 315 g/mol. The van der Waals surface area contributed by atoms with Gasteiger partial charge in [0.2, 0.25) is 0 Å². The highest BCUT2D eigenvalue weighted by atomic mass is 35.5. The molecule has 110 valence electrons. The van der Waals surface area contributed by atoms with E-state index in [1.165, 1.54) is 11.3 Å². The summed E-state index contributed by atoms with van der Waals surface area (Å²) < 4.78 is 5.07. The smallest absolute Gasteiger partial charge is 0.328 e. The molecule has 1 amide bonds. The van der Waals surface area contributed by atoms with Gasteiger partial charge in [-0.1, -0.05) is 11.6 Å². The Kier molecular flexibility index (Phi) is 5.05. The third-order valence-corrected chi connectivity index (χ3v) is 5.10. The Hall–Kier alpha value is -1.07. The van der Waals surface area contributed by atoms with Gasteiger partial charge in [0.15, 0.2) is 0 Å². The Bertz CT molecular complexity index is 515. The number of esters is 1. The fourth-order valence-electron chi connectivity index (χ4n) is 2.36. The van der Waals surface area contributed by atoms with Gasteiger partial charge in [-0.25, -0.2) is 4.79 Å². The van der Waals surface area contributed by atoms with Gasteiger partial charge in [0.25, 0.3) is 5.91 Å². The number of carbonyl (C=O) groups excluding carboxylic acids is 2. The van der Waals surface area contributed by atoms with Gasteiger partial charge in [-0.2, -0.15) is 0 Å². The van der Waals surface area contributed by atoms with Crippen LogP contribution in [0.3, 0.4) is 0 Å². The Morgan fingerprint density at radius 3 is 2.85 bits per heavy atom. The lowest BCUT2D eigenvalue weighted by atomic mass is 10.0. The first-order valence-corrected chi connectivity index (χ1v) is 8.03. The standard InChI is InChI=1S/C14H18ClNO3S/c1-3-19-14(18)10-6-4-5-7-16(10)13(17)12-11(15)9(2)8-20-12/h8,10H,3-7H2,1-2H3. The number of thiophene rings is 1. The molecule has 0 radical (unpaired) electrons. The fraction of sp³-hybridized carbons (Fsp3) is 0.571. The van der Waals surface area contributed by atoms with Crippen molar-refractivity contribution in [3.05, 3.63) is 20.8 Å². The van der Waals surface area contributed by atoms with Gasteiger partial charge in [0.1, 0.15) is 10.9 Å². The van der Waals surface area contributed by atoms with Crippen molar-refractivity contribution in [3.8, 4) is 0 Å². The van der Waals surface area contributed by atoms with Crippen LogP contribution in [-0.2, 0) is 9.53 Å². The van der Waals surface area contributed by atoms with Crippen LogP contribution in [0.1, 0.15) is 41.4 Å². The molecule has 1 saturated heterocycles. The zero-order chi connectivity index (χ0) is 14.7. The third-order valence-electron chi connectivity index (χ3n) is 3.42. The van der Waals surface area contributed by atoms with E-state index in [0.29, 0.717) is 29.5 Å². The summed E-state index contributed by atoms with van der Waals surface area (Å²) in [6.45, 7) is 4.55. The number of hydrogen-bond donors (Lipinski definition) is 0. The molecule has 2 rings (SSSR count). The van der Waals surface area contributed by atoms with E-state index in [-0.39, 0.29) is 11.9 Å². The first kappa shape index (κ1) is 15.3. The van der Waals surface area contributed by atoms with E-state index >= 15 is 0 Å². The van der Waals surface area contributed by atoms with E-state index in [1.807, 2.05) is 12.3 Å². The Morgan fingerprint density at radius 1 is 1.50 bits per heavy atom. The molecular formula is C14H18ClNO3S. The van der Waals surface area contributed by atoms with Crippen LogP contribution in [0.25, 0.3) is 0 Å². The Labute approximate surface area is 127 Å². The van der Waals surface area contributed by atoms with Crippen molar-refractivity contribution in [2.45, 2.75) is 39.2 Å². The van der Waals surface area contributed by atoms with E-state index in [0.717, 1.165) is 18.4 Å². The van der Waals surface area contributed by atoms with Crippen LogP contribution < -0.4 is 0 Å². The molecule has 6 heteroatoms. The first-order valence-electron chi connectivity index (χ1n) is 6.77. The molecule has 1 atom stereocenters. The summed E-state index contributed by atoms with van der Waals surface area (Å²) in [7, 11) is 0. The molecule has 1 aromatic heterocycles. The minimum absolute atomic E-state index is 0.161. The lowest BCUT2D eigenvalue weighted by molar-refractivity contribution is -0.149. The van der Waals surface area contributed by atoms with E-state index in [4.69, 9.17) is 16.3 Å². The maximum absolute atomic E-state index is 12.6. The molecule has 1 unspecified atom stereocenters. The molecule has 0 N–H and O–H groups in total. The molecule has 0 bridgehead atoms. The van der Waals surface area contributed by atoms with Crippen LogP contribution in [0, 0.1) is 6.92 Å². The average molecular weight is 316 g/mol. The SMILES string of the molecule is CCOC(=O)C1CCCCN1C(=O)c1scc(C)c1Cl. The van der Waals surface area contributed by atoms with Crippen LogP contribution in [0.2, 0.25) is 5.02 Å². The molecule has 0 saturated carbocycles. The lowest BCUT2D eigenvalue weighted by Crippen LogP contribution is -2.48. The second-order valence-corrected chi connectivity index (χ2v) is 6.08. The van der Waals surface area contributed by atoms with Gasteiger partial charge in [-0.05, 0) is 44.1 Å². The molecular weight excluding hydrogens is 298 g/mol. The molecule has 1 aromatic rings. The second-order valence-electron chi connectivity index (χ2n) is 4.82. The van der Waals surface area contributed by atoms with Gasteiger partial charge >= 0.3 is 5.97 Å². The number of carbonyl (C=O) groups is 2. The zero-order valence-corrected chi connectivity index (χ0v) is 13.2. The van der Waals surface area contributed by atoms with Gasteiger partial charge < -0.3 is 9.64 Å². The molecule has 1 fully saturated rings. The number of nitrogens with zero attached hydrogens (tertiary/aromatic N) is 1. The van der Waals surface area contributed by atoms with Gasteiger partial charge in [0, 0.05) is 6.54 Å². The molecule has 0 spiro atoms. The van der Waals surface area contributed by atoms with E-state index in [2.05, 4.69) is 0 Å². The highest BCUT2D eigenvalue weighted by Gasteiger charge is 2.34. The highest BCUT2D eigenvalue weighted by molar-refractivity contribution is 7.13. The summed E-state index contributed by atoms with van der Waals surface area (Å²) in [6, 6.07) is -0.477. The van der Waals surface area contributed by atoms with Crippen molar-refractivity contribution in [2.75, 3.05) is 13.2 Å². The van der Waals surface area contributed by atoms with Crippen LogP contribution >= 0.6 is 22.9 Å². The summed E-state index contributed by atoms with van der Waals surface area (Å²) >= 11 is 7.49. The summed E-state index contributed by atoms with van der Waals surface area (Å²) in [4.78, 5) is 26.7. The van der Waals surface area contributed by atoms with E-state index < -0.39 is 6.04 Å². The molecule has 0 aromatic carbocycles. The van der Waals surface area contributed by atoms with E-state index in [1.54, 1.807) is 11.8 Å². The molecule has 2 heterocycles. The maximum atomic E-state index is 12.6. The van der Waals surface area contributed by atoms with Crippen molar-refractivity contribution in [1.82, 2.24) is 4.90 Å². The summed E-state index contributed by atoms with van der Waals surface area (Å²) in [5, 5.41) is 2.35. The molecule has 4 nitrogen and oxygen atoms in total. The van der Waals surface area contributed by atoms with Gasteiger partial charge in [0.05, 0.1) is 11.6 Å². The molecule has 20 heavy (non-hydrogen) atoms. The van der Waals surface area contributed by atoms with Crippen LogP contribution in [0.4, 0.5) is 0 Å². The number of amides is 1. The number of piperidine rings is 1. The van der Waals surface area contributed by atoms with Crippen molar-refractivity contribution in [1.29, 1.82) is 0 Å². The summed E-state index contributed by atoms with van der Waals surface area (Å²) in [6.07, 6.45) is 2.50. The van der Waals surface area contributed by atoms with Crippen molar-refractivity contribution < 1.29 is 14.3 Å². The van der Waals surface area contributed by atoms with Gasteiger partial charge in [-0.3, -0.25) is 4.79 Å². The Balaban J connectivity index is 2.21. The van der Waals surface area contributed by atoms with Crippen molar-refractivity contribution >= 4 is 34.8 Å². The fourth-order valence-corrected chi connectivity index (χ4v) is 3.59. The minimum atomic E-state index is -0.477. The Morgan fingerprint density at radius 2 is 2.25 bits per heavy atom. The summed E-state index contributed by atoms with van der Waals surface area (Å²) in [5.41, 5.74) is 0.893. The minimum Gasteiger partial charge on any atom is -0.464 e. The maximum Gasteiger partial charge on any atom is 0.328 e. The van der Waals surface area contributed by atoms with Crippen LogP contribution in [-0.4, -0.2) is 36.0 Å². The van der Waals surface area contributed by atoms with Crippen LogP contribution in [0.15, 0.2) is 5.38 Å². The third kappa shape index (κ3) is 2.99. The second kappa shape index (κ2) is 6.59. The largest absolute Gasteiger partial charge is 0.464 e. The molecule has 1 aliphatic rings. The quantitative estimate of drug-likeness (QED) is 0.804. The highest BCUT2D eigenvalue weighted by Crippen LogP contribution is 2.30. The topological polar surface area (TPSA) is 46.6 Å². The molecule has 1 aliphatic heterocycles. The summed E-state index contributed by atoms with van der Waals surface area (Å²) in [5.74, 6) is -0.476. The number of likely N-dealkylation sites (tertiary alicyclic amines) is 1. The average Bonchev–Trinajstić information content (AvgIpc) is 2.78.